The molecule has 2 aromatic carbocycles. The van der Waals surface area contributed by atoms with Crippen LogP contribution in [0.25, 0.3) is 0 Å². The topological polar surface area (TPSA) is 65.8 Å². The molecule has 0 unspecified atom stereocenters. The number of aryl methyl sites for hydroxylation is 2. The lowest BCUT2D eigenvalue weighted by Crippen LogP contribution is -2.44. The van der Waals surface area contributed by atoms with E-state index in [0.717, 1.165) is 23.3 Å². The van der Waals surface area contributed by atoms with Crippen LogP contribution in [0.4, 0.5) is 10.5 Å². The van der Waals surface area contributed by atoms with Crippen LogP contribution in [0.3, 0.4) is 0 Å². The van der Waals surface area contributed by atoms with Crippen molar-refractivity contribution in [1.82, 2.24) is 9.80 Å². The van der Waals surface area contributed by atoms with E-state index >= 15 is 0 Å². The van der Waals surface area contributed by atoms with Gasteiger partial charge in [-0.15, -0.1) is 0 Å². The number of furan rings is 1. The van der Waals surface area contributed by atoms with Gasteiger partial charge in [-0.05, 0) is 55.7 Å². The monoisotopic (exact) mass is 467 g/mol. The molecule has 3 amide bonds. The maximum atomic E-state index is 13.3. The zero-order valence-corrected chi connectivity index (χ0v) is 20.1. The number of nitrogens with zero attached hydrogens (tertiary/aromatic N) is 2. The second-order valence-electron chi connectivity index (χ2n) is 8.06. The van der Waals surface area contributed by atoms with Gasteiger partial charge in [0.15, 0.2) is 0 Å². The van der Waals surface area contributed by atoms with Crippen LogP contribution in [0.2, 0.25) is 5.02 Å². The van der Waals surface area contributed by atoms with Crippen molar-refractivity contribution >= 4 is 29.2 Å². The first-order chi connectivity index (χ1) is 15.9. The van der Waals surface area contributed by atoms with E-state index in [4.69, 9.17) is 16.0 Å². The van der Waals surface area contributed by atoms with Crippen molar-refractivity contribution in [3.8, 4) is 0 Å². The Morgan fingerprint density at radius 2 is 1.73 bits per heavy atom. The van der Waals surface area contributed by atoms with Gasteiger partial charge in [0.1, 0.15) is 18.1 Å². The minimum atomic E-state index is -0.335. The zero-order chi connectivity index (χ0) is 23.8. The Hall–Kier alpha value is -3.25. The van der Waals surface area contributed by atoms with Crippen LogP contribution in [0.15, 0.2) is 65.1 Å². The molecule has 0 bridgehead atoms. The van der Waals surface area contributed by atoms with Crippen molar-refractivity contribution in [2.45, 2.75) is 40.3 Å². The van der Waals surface area contributed by atoms with Crippen LogP contribution in [0, 0.1) is 13.8 Å². The van der Waals surface area contributed by atoms with E-state index in [1.807, 2.05) is 69.3 Å². The van der Waals surface area contributed by atoms with Crippen LogP contribution < -0.4 is 5.32 Å². The second kappa shape index (κ2) is 11.6. The molecule has 0 aliphatic heterocycles. The molecule has 1 N–H and O–H groups in total. The summed E-state index contributed by atoms with van der Waals surface area (Å²) in [6.07, 6.45) is 0.728. The molecular formula is C26H30ClN3O3. The number of hydrogen-bond donors (Lipinski definition) is 1. The highest BCUT2D eigenvalue weighted by Gasteiger charge is 2.22. The Morgan fingerprint density at radius 1 is 0.970 bits per heavy atom. The average molecular weight is 468 g/mol. The number of rotatable bonds is 9. The summed E-state index contributed by atoms with van der Waals surface area (Å²) in [7, 11) is 0. The normalized spacial score (nSPS) is 10.7. The summed E-state index contributed by atoms with van der Waals surface area (Å²) < 4.78 is 5.70. The Balaban J connectivity index is 1.74. The third kappa shape index (κ3) is 7.12. The number of nitrogens with one attached hydrogen (secondary N) is 1. The smallest absolute Gasteiger partial charge is 0.322 e. The van der Waals surface area contributed by atoms with Gasteiger partial charge in [-0.25, -0.2) is 4.79 Å². The summed E-state index contributed by atoms with van der Waals surface area (Å²) in [5.41, 5.74) is 2.53. The lowest BCUT2D eigenvalue weighted by Gasteiger charge is -2.27. The second-order valence-corrected chi connectivity index (χ2v) is 8.47. The third-order valence-electron chi connectivity index (χ3n) is 5.24. The molecule has 1 heterocycles. The maximum absolute atomic E-state index is 13.3. The Kier molecular flexibility index (Phi) is 8.55. The minimum Gasteiger partial charge on any atom is -0.464 e. The summed E-state index contributed by atoms with van der Waals surface area (Å²) in [4.78, 5) is 29.5. The Labute approximate surface area is 200 Å². The number of amides is 3. The van der Waals surface area contributed by atoms with Crippen LogP contribution in [-0.2, 0) is 17.9 Å². The van der Waals surface area contributed by atoms with Gasteiger partial charge in [0, 0.05) is 23.8 Å². The predicted octanol–water partition coefficient (Wildman–Crippen LogP) is 6.02. The SMILES string of the molecule is CCCN(CC(=O)N(Cc1ccccc1)Cc1ccc(C)o1)C(=O)Nc1ccc(C)c(Cl)c1. The molecule has 0 spiro atoms. The molecule has 6 nitrogen and oxygen atoms in total. The van der Waals surface area contributed by atoms with E-state index in [9.17, 15) is 9.59 Å². The molecule has 0 saturated heterocycles. The maximum Gasteiger partial charge on any atom is 0.322 e. The van der Waals surface area contributed by atoms with Crippen LogP contribution >= 0.6 is 11.6 Å². The van der Waals surface area contributed by atoms with Gasteiger partial charge < -0.3 is 19.5 Å². The molecule has 33 heavy (non-hydrogen) atoms. The lowest BCUT2D eigenvalue weighted by atomic mass is 10.2. The van der Waals surface area contributed by atoms with E-state index in [2.05, 4.69) is 5.32 Å². The van der Waals surface area contributed by atoms with Crippen molar-refractivity contribution in [1.29, 1.82) is 0 Å². The summed E-state index contributed by atoms with van der Waals surface area (Å²) in [5.74, 6) is 1.34. The lowest BCUT2D eigenvalue weighted by molar-refractivity contribution is -0.133. The van der Waals surface area contributed by atoms with E-state index in [1.165, 1.54) is 4.90 Å². The van der Waals surface area contributed by atoms with E-state index in [1.54, 1.807) is 17.0 Å². The number of urea groups is 1. The molecule has 0 atom stereocenters. The molecule has 0 fully saturated rings. The molecule has 1 aromatic heterocycles. The fourth-order valence-corrected chi connectivity index (χ4v) is 3.63. The van der Waals surface area contributed by atoms with Crippen molar-refractivity contribution in [3.05, 3.63) is 88.3 Å². The largest absolute Gasteiger partial charge is 0.464 e. The highest BCUT2D eigenvalue weighted by molar-refractivity contribution is 6.31. The number of benzene rings is 2. The molecule has 0 saturated carbocycles. The molecule has 0 aliphatic rings. The average Bonchev–Trinajstić information content (AvgIpc) is 3.20. The van der Waals surface area contributed by atoms with Crippen molar-refractivity contribution in [2.24, 2.45) is 0 Å². The number of halogens is 1. The number of carbonyl (C=O) groups is 2. The van der Waals surface area contributed by atoms with Crippen molar-refractivity contribution < 1.29 is 14.0 Å². The minimum absolute atomic E-state index is 0.0359. The van der Waals surface area contributed by atoms with Crippen LogP contribution in [0.5, 0.6) is 0 Å². The Bertz CT molecular complexity index is 1080. The fourth-order valence-electron chi connectivity index (χ4n) is 3.45. The molecule has 7 heteroatoms. The standard InChI is InChI=1S/C26H30ClN3O3/c1-4-14-29(26(32)28-22-12-10-19(2)24(27)15-22)18-25(31)30(16-21-8-6-5-7-9-21)17-23-13-11-20(3)33-23/h5-13,15H,4,14,16-18H2,1-3H3,(H,28,32). The first-order valence-electron chi connectivity index (χ1n) is 11.0. The quantitative estimate of drug-likeness (QED) is 0.418. The van der Waals surface area contributed by atoms with E-state index in [0.29, 0.717) is 36.1 Å². The molecule has 0 aliphatic carbocycles. The molecule has 3 aromatic rings. The van der Waals surface area contributed by atoms with Gasteiger partial charge in [-0.2, -0.15) is 0 Å². The van der Waals surface area contributed by atoms with Gasteiger partial charge in [-0.1, -0.05) is 54.9 Å². The predicted molar refractivity (Wildman–Crippen MR) is 131 cm³/mol. The first kappa shape index (κ1) is 24.4. The first-order valence-corrected chi connectivity index (χ1v) is 11.4. The summed E-state index contributed by atoms with van der Waals surface area (Å²) in [5, 5.41) is 3.43. The number of anilines is 1. The van der Waals surface area contributed by atoms with Gasteiger partial charge in [0.2, 0.25) is 5.91 Å². The van der Waals surface area contributed by atoms with Gasteiger partial charge >= 0.3 is 6.03 Å². The number of carbonyl (C=O) groups excluding carboxylic acids is 2. The van der Waals surface area contributed by atoms with Crippen molar-refractivity contribution in [3.63, 3.8) is 0 Å². The molecule has 0 radical (unpaired) electrons. The molecular weight excluding hydrogens is 438 g/mol. The highest BCUT2D eigenvalue weighted by atomic mass is 35.5. The van der Waals surface area contributed by atoms with E-state index < -0.39 is 0 Å². The van der Waals surface area contributed by atoms with Crippen LogP contribution in [-0.4, -0.2) is 34.8 Å². The Morgan fingerprint density at radius 3 is 2.36 bits per heavy atom. The van der Waals surface area contributed by atoms with Crippen molar-refractivity contribution in [2.75, 3.05) is 18.4 Å². The van der Waals surface area contributed by atoms with Gasteiger partial charge in [0.25, 0.3) is 0 Å². The fraction of sp³-hybridized carbons (Fsp3) is 0.308. The van der Waals surface area contributed by atoms with Gasteiger partial charge in [0.05, 0.1) is 6.54 Å². The molecule has 174 valence electrons. The zero-order valence-electron chi connectivity index (χ0n) is 19.3. The van der Waals surface area contributed by atoms with E-state index in [-0.39, 0.29) is 18.5 Å². The summed E-state index contributed by atoms with van der Waals surface area (Å²) in [6, 6.07) is 18.6. The number of hydrogen-bond acceptors (Lipinski definition) is 3. The van der Waals surface area contributed by atoms with Gasteiger partial charge in [-0.3, -0.25) is 4.79 Å². The van der Waals surface area contributed by atoms with Crippen LogP contribution in [0.1, 0.15) is 36.0 Å². The highest BCUT2D eigenvalue weighted by Crippen LogP contribution is 2.20. The summed E-state index contributed by atoms with van der Waals surface area (Å²) in [6.45, 7) is 6.92. The molecule has 3 rings (SSSR count). The third-order valence-corrected chi connectivity index (χ3v) is 5.65. The summed E-state index contributed by atoms with van der Waals surface area (Å²) >= 11 is 6.19.